The molecule has 6 nitrogen and oxygen atoms in total. The van der Waals surface area contributed by atoms with Crippen molar-refractivity contribution >= 4 is 58.0 Å². The molecule has 1 saturated carbocycles. The summed E-state index contributed by atoms with van der Waals surface area (Å²) < 4.78 is 2.17. The number of amides is 1. The lowest BCUT2D eigenvalue weighted by atomic mass is 10.3. The van der Waals surface area contributed by atoms with Gasteiger partial charge in [-0.15, -0.1) is 21.5 Å². The van der Waals surface area contributed by atoms with E-state index in [1.165, 1.54) is 22.8 Å². The van der Waals surface area contributed by atoms with E-state index in [4.69, 9.17) is 23.2 Å². The van der Waals surface area contributed by atoms with Crippen molar-refractivity contribution in [2.75, 3.05) is 11.1 Å². The summed E-state index contributed by atoms with van der Waals surface area (Å²) in [5.74, 6) is 1.24. The molecule has 1 amide bonds. The van der Waals surface area contributed by atoms with Crippen LogP contribution >= 0.6 is 46.3 Å². The Hall–Kier alpha value is -1.61. The first kappa shape index (κ1) is 18.7. The summed E-state index contributed by atoms with van der Waals surface area (Å²) in [5.41, 5.74) is 0. The highest BCUT2D eigenvalue weighted by atomic mass is 35.5. The van der Waals surface area contributed by atoms with Crippen molar-refractivity contribution < 1.29 is 4.79 Å². The summed E-state index contributed by atoms with van der Waals surface area (Å²) in [7, 11) is 0. The Balaban J connectivity index is 1.42. The summed E-state index contributed by atoms with van der Waals surface area (Å²) >= 11 is 14.9. The third-order valence-corrected chi connectivity index (χ3v) is 6.27. The average molecular weight is 440 g/mol. The van der Waals surface area contributed by atoms with Gasteiger partial charge in [-0.25, -0.2) is 4.98 Å². The van der Waals surface area contributed by atoms with E-state index in [-0.39, 0.29) is 11.7 Å². The van der Waals surface area contributed by atoms with E-state index in [0.29, 0.717) is 21.9 Å². The molecule has 140 valence electrons. The minimum atomic E-state index is -0.207. The van der Waals surface area contributed by atoms with Crippen molar-refractivity contribution in [3.05, 3.63) is 50.5 Å². The lowest BCUT2D eigenvalue weighted by molar-refractivity contribution is -0.113. The number of halogens is 2. The van der Waals surface area contributed by atoms with Gasteiger partial charge < -0.3 is 9.88 Å². The highest BCUT2D eigenvalue weighted by molar-refractivity contribution is 7.99. The van der Waals surface area contributed by atoms with Crippen LogP contribution in [0.25, 0.3) is 0 Å². The fourth-order valence-corrected chi connectivity index (χ4v) is 4.55. The van der Waals surface area contributed by atoms with Crippen LogP contribution in [0.3, 0.4) is 0 Å². The number of thiophene rings is 1. The number of nitrogens with zero attached hydrogens (tertiary/aromatic N) is 4. The summed E-state index contributed by atoms with van der Waals surface area (Å²) in [6.07, 6.45) is 4.45. The number of carbonyl (C=O) groups is 1. The molecule has 0 spiro atoms. The van der Waals surface area contributed by atoms with Crippen LogP contribution in [-0.4, -0.2) is 31.4 Å². The molecule has 0 aliphatic heterocycles. The molecule has 1 N–H and O–H groups in total. The molecular formula is C17H15Cl2N5OS2. The Kier molecular flexibility index (Phi) is 5.68. The number of anilines is 1. The lowest BCUT2D eigenvalue weighted by Crippen LogP contribution is -2.16. The van der Waals surface area contributed by atoms with Crippen LogP contribution in [0.4, 0.5) is 5.82 Å². The predicted octanol–water partition coefficient (Wildman–Crippen LogP) is 4.70. The Morgan fingerprint density at radius 3 is 2.93 bits per heavy atom. The molecular weight excluding hydrogens is 425 g/mol. The van der Waals surface area contributed by atoms with Gasteiger partial charge in [0.2, 0.25) is 5.91 Å². The zero-order valence-corrected chi connectivity index (χ0v) is 17.2. The van der Waals surface area contributed by atoms with Crippen LogP contribution in [0, 0.1) is 0 Å². The summed E-state index contributed by atoms with van der Waals surface area (Å²) in [6, 6.07) is 6.11. The molecule has 3 aromatic rings. The zero-order valence-electron chi connectivity index (χ0n) is 14.1. The highest BCUT2D eigenvalue weighted by Gasteiger charge is 2.30. The summed E-state index contributed by atoms with van der Waals surface area (Å²) in [5, 5.41) is 14.9. The summed E-state index contributed by atoms with van der Waals surface area (Å²) in [6.45, 7) is 0. The molecule has 0 saturated heterocycles. The second kappa shape index (κ2) is 8.18. The maximum atomic E-state index is 12.3. The third kappa shape index (κ3) is 4.63. The molecule has 4 rings (SSSR count). The van der Waals surface area contributed by atoms with Crippen LogP contribution in [-0.2, 0) is 11.2 Å². The Bertz CT molecular complexity index is 956. The minimum Gasteiger partial charge on any atom is -0.309 e. The molecule has 0 aromatic carbocycles. The second-order valence-corrected chi connectivity index (χ2v) is 8.90. The largest absolute Gasteiger partial charge is 0.309 e. The first-order valence-electron chi connectivity index (χ1n) is 8.30. The Morgan fingerprint density at radius 2 is 2.22 bits per heavy atom. The Labute approximate surface area is 174 Å². The molecule has 0 unspecified atom stereocenters. The minimum absolute atomic E-state index is 0.199. The van der Waals surface area contributed by atoms with Crippen molar-refractivity contribution in [2.45, 2.75) is 30.5 Å². The van der Waals surface area contributed by atoms with Gasteiger partial charge in [0.25, 0.3) is 0 Å². The van der Waals surface area contributed by atoms with E-state index in [1.54, 1.807) is 17.4 Å². The number of aromatic nitrogens is 4. The van der Waals surface area contributed by atoms with Gasteiger partial charge in [-0.1, -0.05) is 41.0 Å². The number of rotatable bonds is 7. The molecule has 0 radical (unpaired) electrons. The van der Waals surface area contributed by atoms with E-state index in [9.17, 15) is 4.79 Å². The van der Waals surface area contributed by atoms with Gasteiger partial charge in [0.05, 0.1) is 15.8 Å². The van der Waals surface area contributed by atoms with Gasteiger partial charge in [-0.05, 0) is 30.4 Å². The van der Waals surface area contributed by atoms with Crippen molar-refractivity contribution in [1.82, 2.24) is 19.7 Å². The van der Waals surface area contributed by atoms with E-state index in [1.807, 2.05) is 6.07 Å². The highest BCUT2D eigenvalue weighted by Crippen LogP contribution is 2.39. The summed E-state index contributed by atoms with van der Waals surface area (Å²) in [4.78, 5) is 17.6. The molecule has 3 aromatic heterocycles. The van der Waals surface area contributed by atoms with Gasteiger partial charge in [0.1, 0.15) is 5.82 Å². The predicted molar refractivity (Wildman–Crippen MR) is 109 cm³/mol. The molecule has 1 aliphatic rings. The maximum Gasteiger partial charge on any atom is 0.236 e. The quantitative estimate of drug-likeness (QED) is 0.540. The fourth-order valence-electron chi connectivity index (χ4n) is 2.60. The van der Waals surface area contributed by atoms with Crippen molar-refractivity contribution in [3.8, 4) is 0 Å². The molecule has 1 aliphatic carbocycles. The van der Waals surface area contributed by atoms with Crippen LogP contribution in [0.1, 0.15) is 29.6 Å². The smallest absolute Gasteiger partial charge is 0.236 e. The third-order valence-electron chi connectivity index (χ3n) is 3.96. The first-order chi connectivity index (χ1) is 13.1. The van der Waals surface area contributed by atoms with Gasteiger partial charge in [-0.2, -0.15) is 0 Å². The topological polar surface area (TPSA) is 72.7 Å². The molecule has 3 heterocycles. The van der Waals surface area contributed by atoms with Gasteiger partial charge in [0.15, 0.2) is 11.0 Å². The number of pyridine rings is 1. The lowest BCUT2D eigenvalue weighted by Gasteiger charge is -2.09. The SMILES string of the molecule is O=C(CSc1nnc(Cc2cccs2)n1C1CC1)Nc1ncc(Cl)cc1Cl. The standard InChI is InChI=1S/C17H15Cl2N5OS2/c18-10-6-13(19)16(20-8-10)21-15(25)9-27-17-23-22-14(24(17)11-3-4-11)7-12-2-1-5-26-12/h1-2,5-6,8,11H,3-4,7,9H2,(H,20,21,25). The van der Waals surface area contributed by atoms with Crippen LogP contribution in [0.5, 0.6) is 0 Å². The van der Waals surface area contributed by atoms with Crippen molar-refractivity contribution in [3.63, 3.8) is 0 Å². The van der Waals surface area contributed by atoms with E-state index >= 15 is 0 Å². The van der Waals surface area contributed by atoms with Gasteiger partial charge in [0, 0.05) is 23.5 Å². The zero-order chi connectivity index (χ0) is 18.8. The van der Waals surface area contributed by atoms with Crippen LogP contribution < -0.4 is 5.32 Å². The maximum absolute atomic E-state index is 12.3. The van der Waals surface area contributed by atoms with E-state index in [0.717, 1.165) is 30.2 Å². The molecule has 27 heavy (non-hydrogen) atoms. The number of hydrogen-bond acceptors (Lipinski definition) is 6. The molecule has 10 heteroatoms. The molecule has 0 bridgehead atoms. The van der Waals surface area contributed by atoms with Gasteiger partial charge in [-0.3, -0.25) is 4.79 Å². The number of hydrogen-bond donors (Lipinski definition) is 1. The van der Waals surface area contributed by atoms with Crippen molar-refractivity contribution in [2.24, 2.45) is 0 Å². The molecule has 0 atom stereocenters. The number of carbonyl (C=O) groups excluding carboxylic acids is 1. The van der Waals surface area contributed by atoms with Crippen LogP contribution in [0.2, 0.25) is 10.0 Å². The number of nitrogens with one attached hydrogen (secondary N) is 1. The Morgan fingerprint density at radius 1 is 1.37 bits per heavy atom. The molecule has 1 fully saturated rings. The monoisotopic (exact) mass is 439 g/mol. The second-order valence-electron chi connectivity index (χ2n) is 6.08. The fraction of sp³-hybridized carbons (Fsp3) is 0.294. The number of thioether (sulfide) groups is 1. The normalized spacial score (nSPS) is 13.7. The van der Waals surface area contributed by atoms with Crippen molar-refractivity contribution in [1.29, 1.82) is 0 Å². The van der Waals surface area contributed by atoms with E-state index in [2.05, 4.69) is 36.5 Å². The van der Waals surface area contributed by atoms with Crippen LogP contribution in [0.15, 0.2) is 34.9 Å². The first-order valence-corrected chi connectivity index (χ1v) is 10.9. The van der Waals surface area contributed by atoms with E-state index < -0.39 is 0 Å². The average Bonchev–Trinajstić information content (AvgIpc) is 3.19. The van der Waals surface area contributed by atoms with Gasteiger partial charge >= 0.3 is 0 Å².